The maximum Gasteiger partial charge on any atom is 0.219 e. The first kappa shape index (κ1) is 25.0. The number of rotatable bonds is 6. The highest BCUT2D eigenvalue weighted by atomic mass is 19.1. The summed E-state index contributed by atoms with van der Waals surface area (Å²) >= 11 is 0. The summed E-state index contributed by atoms with van der Waals surface area (Å²) in [6, 6.07) is 7.07. The van der Waals surface area contributed by atoms with Crippen LogP contribution in [0.4, 0.5) is 15.9 Å². The lowest BCUT2D eigenvalue weighted by molar-refractivity contribution is -0.132. The number of nitrogens with zero attached hydrogens (tertiary/aromatic N) is 8. The number of hydrogen-bond acceptors (Lipinski definition) is 9. The number of anilines is 2. The van der Waals surface area contributed by atoms with Gasteiger partial charge in [0.1, 0.15) is 29.1 Å². The van der Waals surface area contributed by atoms with Gasteiger partial charge in [0.2, 0.25) is 5.91 Å². The second-order valence-corrected chi connectivity index (χ2v) is 9.95. The minimum absolute atomic E-state index is 0.0243. The molecule has 3 aromatic heterocycles. The molecule has 2 aliphatic rings. The SMILES string of the molecule is CC(=O)N1C[C@H](c2nc(Nc3cccc(-c4cn(C5COC5)nn4)c3F)cc(-c3cnccn3)n2)CC[C@@H]1C. The topological polar surface area (TPSA) is 124 Å². The van der Waals surface area contributed by atoms with Gasteiger partial charge >= 0.3 is 0 Å². The van der Waals surface area contributed by atoms with Gasteiger partial charge in [0.05, 0.1) is 37.0 Å². The number of carbonyl (C=O) groups is 1. The molecule has 0 saturated carbocycles. The van der Waals surface area contributed by atoms with Gasteiger partial charge in [-0.3, -0.25) is 14.8 Å². The molecular formula is C27H28FN9O2. The Balaban J connectivity index is 1.34. The monoisotopic (exact) mass is 529 g/mol. The van der Waals surface area contributed by atoms with Crippen LogP contribution >= 0.6 is 0 Å². The van der Waals surface area contributed by atoms with E-state index in [2.05, 4.69) is 32.5 Å². The van der Waals surface area contributed by atoms with Crippen molar-refractivity contribution in [1.82, 2.24) is 39.8 Å². The summed E-state index contributed by atoms with van der Waals surface area (Å²) in [7, 11) is 0. The standard InChI is InChI=1S/C27H28FN9O2/c1-16-6-7-18(12-36(16)17(2)38)27-32-22(23-11-29-8-9-30-23)10-25(33-27)31-21-5-3-4-20(26(21)28)24-13-37(35-34-24)19-14-39-15-19/h3-5,8-11,13,16,18-19H,6-7,12,14-15H2,1-2H3,(H,31,32,33)/t16-,18+/m0/s1. The molecule has 2 aliphatic heterocycles. The highest BCUT2D eigenvalue weighted by molar-refractivity contribution is 5.74. The van der Waals surface area contributed by atoms with Crippen molar-refractivity contribution in [3.8, 4) is 22.6 Å². The van der Waals surface area contributed by atoms with E-state index < -0.39 is 5.82 Å². The molecule has 0 unspecified atom stereocenters. The Morgan fingerprint density at radius 1 is 1.13 bits per heavy atom. The van der Waals surface area contributed by atoms with E-state index in [0.29, 0.717) is 54.0 Å². The second-order valence-electron chi connectivity index (χ2n) is 9.95. The van der Waals surface area contributed by atoms with Gasteiger partial charge in [-0.15, -0.1) is 5.10 Å². The van der Waals surface area contributed by atoms with Crippen molar-refractivity contribution in [2.24, 2.45) is 0 Å². The Morgan fingerprint density at radius 3 is 2.74 bits per heavy atom. The van der Waals surface area contributed by atoms with E-state index in [0.717, 1.165) is 12.8 Å². The lowest BCUT2D eigenvalue weighted by atomic mass is 9.92. The highest BCUT2D eigenvalue weighted by Gasteiger charge is 2.30. The molecule has 200 valence electrons. The van der Waals surface area contributed by atoms with Crippen LogP contribution in [0.1, 0.15) is 44.5 Å². The molecule has 2 atom stereocenters. The van der Waals surface area contributed by atoms with E-state index in [1.807, 2.05) is 4.90 Å². The summed E-state index contributed by atoms with van der Waals surface area (Å²) in [5.41, 5.74) is 2.14. The van der Waals surface area contributed by atoms with Crippen molar-refractivity contribution >= 4 is 17.4 Å². The zero-order valence-corrected chi connectivity index (χ0v) is 21.7. The summed E-state index contributed by atoms with van der Waals surface area (Å²) in [5.74, 6) is 0.478. The quantitative estimate of drug-likeness (QED) is 0.398. The van der Waals surface area contributed by atoms with Crippen LogP contribution in [0.25, 0.3) is 22.6 Å². The van der Waals surface area contributed by atoms with E-state index in [1.165, 1.54) is 0 Å². The van der Waals surface area contributed by atoms with Crippen LogP contribution in [-0.2, 0) is 9.53 Å². The van der Waals surface area contributed by atoms with E-state index in [9.17, 15) is 4.79 Å². The summed E-state index contributed by atoms with van der Waals surface area (Å²) in [6.45, 7) is 5.29. The van der Waals surface area contributed by atoms with E-state index in [1.54, 1.807) is 60.7 Å². The van der Waals surface area contributed by atoms with Gasteiger partial charge in [-0.1, -0.05) is 11.3 Å². The molecule has 0 radical (unpaired) electrons. The van der Waals surface area contributed by atoms with Crippen molar-refractivity contribution in [2.75, 3.05) is 25.1 Å². The highest BCUT2D eigenvalue weighted by Crippen LogP contribution is 2.33. The number of amides is 1. The predicted octanol–water partition coefficient (Wildman–Crippen LogP) is 3.76. The summed E-state index contributed by atoms with van der Waals surface area (Å²) in [4.78, 5) is 32.2. The van der Waals surface area contributed by atoms with Gasteiger partial charge in [-0.25, -0.2) is 19.0 Å². The van der Waals surface area contributed by atoms with Gasteiger partial charge in [0, 0.05) is 49.5 Å². The third-order valence-electron chi connectivity index (χ3n) is 7.26. The van der Waals surface area contributed by atoms with E-state index in [4.69, 9.17) is 14.7 Å². The Hall–Kier alpha value is -4.32. The summed E-state index contributed by atoms with van der Waals surface area (Å²) in [5, 5.41) is 11.4. The zero-order chi connectivity index (χ0) is 26.9. The fourth-order valence-electron chi connectivity index (χ4n) is 4.95. The molecule has 6 rings (SSSR count). The maximum atomic E-state index is 15.7. The smallest absolute Gasteiger partial charge is 0.219 e. The molecule has 0 spiro atoms. The van der Waals surface area contributed by atoms with Crippen molar-refractivity contribution in [2.45, 2.75) is 44.7 Å². The van der Waals surface area contributed by atoms with Crippen LogP contribution in [0.2, 0.25) is 0 Å². The van der Waals surface area contributed by atoms with Crippen LogP contribution in [0.15, 0.2) is 49.1 Å². The maximum absolute atomic E-state index is 15.7. The average molecular weight is 530 g/mol. The zero-order valence-electron chi connectivity index (χ0n) is 21.7. The van der Waals surface area contributed by atoms with Gasteiger partial charge in [0.15, 0.2) is 5.82 Å². The lowest BCUT2D eigenvalue weighted by Gasteiger charge is -2.37. The van der Waals surface area contributed by atoms with Gasteiger partial charge in [-0.2, -0.15) is 0 Å². The van der Waals surface area contributed by atoms with E-state index in [-0.39, 0.29) is 29.6 Å². The molecule has 11 nitrogen and oxygen atoms in total. The number of nitrogens with one attached hydrogen (secondary N) is 1. The molecule has 0 bridgehead atoms. The number of piperidine rings is 1. The van der Waals surface area contributed by atoms with Crippen LogP contribution in [0.3, 0.4) is 0 Å². The Bertz CT molecular complexity index is 1490. The number of hydrogen-bond donors (Lipinski definition) is 1. The number of benzene rings is 1. The van der Waals surface area contributed by atoms with Crippen molar-refractivity contribution in [3.63, 3.8) is 0 Å². The normalized spacial score (nSPS) is 19.5. The fourth-order valence-corrected chi connectivity index (χ4v) is 4.95. The van der Waals surface area contributed by atoms with Crippen LogP contribution in [0, 0.1) is 5.82 Å². The molecule has 4 aromatic rings. The number of halogens is 1. The van der Waals surface area contributed by atoms with Gasteiger partial charge < -0.3 is 15.0 Å². The molecule has 12 heteroatoms. The third-order valence-corrected chi connectivity index (χ3v) is 7.26. The molecule has 5 heterocycles. The first-order valence-corrected chi connectivity index (χ1v) is 12.9. The second kappa shape index (κ2) is 10.4. The molecule has 1 N–H and O–H groups in total. The molecule has 1 amide bonds. The number of likely N-dealkylation sites (tertiary alicyclic amines) is 1. The summed E-state index contributed by atoms with van der Waals surface area (Å²) in [6.07, 6.45) is 8.21. The average Bonchev–Trinajstić information content (AvgIpc) is 3.38. The van der Waals surface area contributed by atoms with Crippen LogP contribution < -0.4 is 5.32 Å². The van der Waals surface area contributed by atoms with Crippen LogP contribution in [0.5, 0.6) is 0 Å². The molecule has 2 saturated heterocycles. The van der Waals surface area contributed by atoms with Gasteiger partial charge in [0.25, 0.3) is 0 Å². The first-order chi connectivity index (χ1) is 19.0. The van der Waals surface area contributed by atoms with Gasteiger partial charge in [-0.05, 0) is 31.9 Å². The summed E-state index contributed by atoms with van der Waals surface area (Å²) < 4.78 is 22.7. The lowest BCUT2D eigenvalue weighted by Crippen LogP contribution is -2.44. The Morgan fingerprint density at radius 2 is 2.00 bits per heavy atom. The molecule has 2 fully saturated rings. The predicted molar refractivity (Wildman–Crippen MR) is 140 cm³/mol. The molecule has 0 aliphatic carbocycles. The Kier molecular flexibility index (Phi) is 6.69. The van der Waals surface area contributed by atoms with Crippen LogP contribution in [-0.4, -0.2) is 71.5 Å². The minimum Gasteiger partial charge on any atom is -0.377 e. The number of ether oxygens (including phenoxy) is 1. The van der Waals surface area contributed by atoms with Crippen molar-refractivity contribution in [3.05, 3.63) is 60.7 Å². The Labute approximate surface area is 224 Å². The van der Waals surface area contributed by atoms with Crippen molar-refractivity contribution in [1.29, 1.82) is 0 Å². The number of carbonyl (C=O) groups excluding carboxylic acids is 1. The third kappa shape index (κ3) is 5.07. The minimum atomic E-state index is -0.468. The van der Waals surface area contributed by atoms with Crippen molar-refractivity contribution < 1.29 is 13.9 Å². The largest absolute Gasteiger partial charge is 0.377 e. The molecule has 1 aromatic carbocycles. The fraction of sp³-hybridized carbons (Fsp3) is 0.370. The first-order valence-electron chi connectivity index (χ1n) is 12.9. The van der Waals surface area contributed by atoms with E-state index >= 15 is 4.39 Å². The number of aromatic nitrogens is 7. The molecule has 39 heavy (non-hydrogen) atoms. The molecular weight excluding hydrogens is 501 g/mol.